The number of hydrogen-bond donors (Lipinski definition) is 1. The Balaban J connectivity index is 1.65. The Labute approximate surface area is 149 Å². The zero-order valence-electron chi connectivity index (χ0n) is 13.9. The lowest BCUT2D eigenvalue weighted by molar-refractivity contribution is -0.384. The number of rotatable bonds is 5. The molecule has 0 radical (unpaired) electrons. The van der Waals surface area contributed by atoms with Crippen molar-refractivity contribution in [2.45, 2.75) is 6.92 Å². The maximum Gasteiger partial charge on any atom is 0.271 e. The molecule has 0 fully saturated rings. The summed E-state index contributed by atoms with van der Waals surface area (Å²) in [6, 6.07) is 16.9. The first-order chi connectivity index (χ1) is 12.5. The third-order valence-electron chi connectivity index (χ3n) is 3.64. The molecule has 7 nitrogen and oxygen atoms in total. The molecule has 0 atom stereocenters. The van der Waals surface area contributed by atoms with Gasteiger partial charge in [0.25, 0.3) is 11.6 Å². The van der Waals surface area contributed by atoms with E-state index in [0.717, 1.165) is 11.1 Å². The van der Waals surface area contributed by atoms with Crippen molar-refractivity contribution in [3.05, 3.63) is 87.7 Å². The van der Waals surface area contributed by atoms with E-state index in [1.54, 1.807) is 6.07 Å². The number of furan rings is 1. The first-order valence-corrected chi connectivity index (χ1v) is 7.78. The standard InChI is InChI=1S/C19H15N3O4/c1-13-5-7-14(8-6-13)18-10-9-17(26-18)12-20-21-19(23)15-3-2-4-16(11-15)22(24)25/h2-12H,1H3,(H,21,23)/b20-12+. The summed E-state index contributed by atoms with van der Waals surface area (Å²) < 4.78 is 5.66. The number of carbonyl (C=O) groups excluding carboxylic acids is 1. The highest BCUT2D eigenvalue weighted by molar-refractivity contribution is 5.95. The second-order valence-corrected chi connectivity index (χ2v) is 5.57. The minimum absolute atomic E-state index is 0.149. The summed E-state index contributed by atoms with van der Waals surface area (Å²) >= 11 is 0. The number of aryl methyl sites for hydroxylation is 1. The van der Waals surface area contributed by atoms with Crippen molar-refractivity contribution >= 4 is 17.8 Å². The van der Waals surface area contributed by atoms with Gasteiger partial charge in [0.1, 0.15) is 11.5 Å². The van der Waals surface area contributed by atoms with E-state index in [0.29, 0.717) is 11.5 Å². The van der Waals surface area contributed by atoms with Crippen LogP contribution in [0.5, 0.6) is 0 Å². The predicted molar refractivity (Wildman–Crippen MR) is 97.0 cm³/mol. The van der Waals surface area contributed by atoms with E-state index < -0.39 is 10.8 Å². The molecule has 26 heavy (non-hydrogen) atoms. The average Bonchev–Trinajstić information content (AvgIpc) is 3.11. The molecule has 3 rings (SSSR count). The van der Waals surface area contributed by atoms with Gasteiger partial charge in [0.15, 0.2) is 0 Å². The fourth-order valence-corrected chi connectivity index (χ4v) is 2.27. The molecule has 1 heterocycles. The Kier molecular flexibility index (Phi) is 4.89. The van der Waals surface area contributed by atoms with Crippen LogP contribution < -0.4 is 5.43 Å². The lowest BCUT2D eigenvalue weighted by atomic mass is 10.1. The third kappa shape index (κ3) is 4.02. The van der Waals surface area contributed by atoms with Crippen LogP contribution in [-0.2, 0) is 0 Å². The maximum atomic E-state index is 12.0. The second-order valence-electron chi connectivity index (χ2n) is 5.57. The van der Waals surface area contributed by atoms with Crippen LogP contribution in [0.1, 0.15) is 21.7 Å². The largest absolute Gasteiger partial charge is 0.455 e. The van der Waals surface area contributed by atoms with Gasteiger partial charge in [-0.15, -0.1) is 0 Å². The lowest BCUT2D eigenvalue weighted by Gasteiger charge is -1.99. The number of nitrogens with one attached hydrogen (secondary N) is 1. The first kappa shape index (κ1) is 17.1. The van der Waals surface area contributed by atoms with E-state index in [1.165, 1.54) is 30.5 Å². The number of carbonyl (C=O) groups is 1. The van der Waals surface area contributed by atoms with Gasteiger partial charge in [0, 0.05) is 23.3 Å². The predicted octanol–water partition coefficient (Wildman–Crippen LogP) is 3.93. The van der Waals surface area contributed by atoms with Crippen LogP contribution in [0, 0.1) is 17.0 Å². The maximum absolute atomic E-state index is 12.0. The normalized spacial score (nSPS) is 10.8. The van der Waals surface area contributed by atoms with Crippen molar-refractivity contribution in [2.75, 3.05) is 0 Å². The minimum Gasteiger partial charge on any atom is -0.455 e. The highest BCUT2D eigenvalue weighted by atomic mass is 16.6. The van der Waals surface area contributed by atoms with E-state index in [2.05, 4.69) is 10.5 Å². The number of benzene rings is 2. The molecule has 0 aliphatic carbocycles. The first-order valence-electron chi connectivity index (χ1n) is 7.78. The molecule has 0 bridgehead atoms. The molecular formula is C19H15N3O4. The van der Waals surface area contributed by atoms with Crippen LogP contribution in [0.2, 0.25) is 0 Å². The molecule has 130 valence electrons. The van der Waals surface area contributed by atoms with Crippen LogP contribution in [0.4, 0.5) is 5.69 Å². The molecule has 0 saturated carbocycles. The highest BCUT2D eigenvalue weighted by Crippen LogP contribution is 2.21. The van der Waals surface area contributed by atoms with Crippen LogP contribution >= 0.6 is 0 Å². The summed E-state index contributed by atoms with van der Waals surface area (Å²) in [5.74, 6) is 0.617. The molecule has 1 amide bonds. The fraction of sp³-hybridized carbons (Fsp3) is 0.0526. The van der Waals surface area contributed by atoms with Gasteiger partial charge in [0.2, 0.25) is 0 Å². The molecule has 0 spiro atoms. The number of hydrogen-bond acceptors (Lipinski definition) is 5. The van der Waals surface area contributed by atoms with Crippen molar-refractivity contribution in [1.29, 1.82) is 0 Å². The second kappa shape index (κ2) is 7.43. The molecule has 7 heteroatoms. The zero-order chi connectivity index (χ0) is 18.5. The van der Waals surface area contributed by atoms with Crippen molar-refractivity contribution in [3.8, 4) is 11.3 Å². The number of nitro benzene ring substituents is 1. The molecular weight excluding hydrogens is 334 g/mol. The van der Waals surface area contributed by atoms with Gasteiger partial charge in [-0.2, -0.15) is 5.10 Å². The molecule has 1 N–H and O–H groups in total. The highest BCUT2D eigenvalue weighted by Gasteiger charge is 2.10. The van der Waals surface area contributed by atoms with Crippen LogP contribution in [0.3, 0.4) is 0 Å². The molecule has 0 unspecified atom stereocenters. The number of nitro groups is 1. The Morgan fingerprint density at radius 1 is 1.15 bits per heavy atom. The third-order valence-corrected chi connectivity index (χ3v) is 3.64. The Bertz CT molecular complexity index is 974. The number of nitrogens with zero attached hydrogens (tertiary/aromatic N) is 2. The van der Waals surface area contributed by atoms with Crippen LogP contribution in [0.15, 0.2) is 70.2 Å². The monoisotopic (exact) mass is 349 g/mol. The summed E-state index contributed by atoms with van der Waals surface area (Å²) in [5.41, 5.74) is 4.41. The lowest BCUT2D eigenvalue weighted by Crippen LogP contribution is -2.17. The van der Waals surface area contributed by atoms with Crippen molar-refractivity contribution in [2.24, 2.45) is 5.10 Å². The summed E-state index contributed by atoms with van der Waals surface area (Å²) in [5, 5.41) is 14.6. The number of non-ortho nitro benzene ring substituents is 1. The van der Waals surface area contributed by atoms with Crippen LogP contribution in [0.25, 0.3) is 11.3 Å². The SMILES string of the molecule is Cc1ccc(-c2ccc(/C=N/NC(=O)c3cccc([N+](=O)[O-])c3)o2)cc1. The van der Waals surface area contributed by atoms with Crippen LogP contribution in [-0.4, -0.2) is 17.0 Å². The zero-order valence-corrected chi connectivity index (χ0v) is 13.9. The number of amides is 1. The molecule has 0 aliphatic rings. The fourth-order valence-electron chi connectivity index (χ4n) is 2.27. The topological polar surface area (TPSA) is 97.7 Å². The Hall–Kier alpha value is -3.74. The van der Waals surface area contributed by atoms with Crippen molar-refractivity contribution in [3.63, 3.8) is 0 Å². The van der Waals surface area contributed by atoms with Gasteiger partial charge in [0.05, 0.1) is 11.1 Å². The quantitative estimate of drug-likeness (QED) is 0.429. The van der Waals surface area contributed by atoms with Crippen molar-refractivity contribution in [1.82, 2.24) is 5.43 Å². The minimum atomic E-state index is -0.560. The van der Waals surface area contributed by atoms with E-state index in [-0.39, 0.29) is 11.3 Å². The van der Waals surface area contributed by atoms with Crippen molar-refractivity contribution < 1.29 is 14.1 Å². The van der Waals surface area contributed by atoms with Gasteiger partial charge < -0.3 is 4.42 Å². The van der Waals surface area contributed by atoms with E-state index in [1.807, 2.05) is 37.3 Å². The van der Waals surface area contributed by atoms with Gasteiger partial charge >= 0.3 is 0 Å². The molecule has 2 aromatic carbocycles. The van der Waals surface area contributed by atoms with Gasteiger partial charge in [-0.1, -0.05) is 35.9 Å². The van der Waals surface area contributed by atoms with E-state index >= 15 is 0 Å². The molecule has 0 aliphatic heterocycles. The van der Waals surface area contributed by atoms with E-state index in [4.69, 9.17) is 4.42 Å². The molecule has 3 aromatic rings. The van der Waals surface area contributed by atoms with Gasteiger partial charge in [-0.25, -0.2) is 5.43 Å². The summed E-state index contributed by atoms with van der Waals surface area (Å²) in [7, 11) is 0. The Morgan fingerprint density at radius 2 is 1.92 bits per heavy atom. The number of hydrazone groups is 1. The molecule has 1 aromatic heterocycles. The average molecular weight is 349 g/mol. The Morgan fingerprint density at radius 3 is 2.65 bits per heavy atom. The van der Waals surface area contributed by atoms with Gasteiger partial charge in [-0.05, 0) is 25.1 Å². The summed E-state index contributed by atoms with van der Waals surface area (Å²) in [4.78, 5) is 22.2. The molecule has 0 saturated heterocycles. The van der Waals surface area contributed by atoms with E-state index in [9.17, 15) is 14.9 Å². The summed E-state index contributed by atoms with van der Waals surface area (Å²) in [6.07, 6.45) is 1.37. The smallest absolute Gasteiger partial charge is 0.271 e. The van der Waals surface area contributed by atoms with Gasteiger partial charge in [-0.3, -0.25) is 14.9 Å². The summed E-state index contributed by atoms with van der Waals surface area (Å²) in [6.45, 7) is 2.01.